The first-order chi connectivity index (χ1) is 42.6. The normalized spacial score (nSPS) is 13.1. The molecule has 9 nitrogen and oxygen atoms in total. The summed E-state index contributed by atoms with van der Waals surface area (Å²) in [6.45, 7) is 4.65. The Kier molecular flexibility index (Phi) is 66.1. The molecule has 0 fully saturated rings. The number of allylic oxidation sites excluding steroid dienone is 12. The van der Waals surface area contributed by atoms with Gasteiger partial charge in [-0.15, -0.1) is 0 Å². The molecule has 0 N–H and O–H groups in total. The van der Waals surface area contributed by atoms with Crippen molar-refractivity contribution in [3.05, 3.63) is 72.9 Å². The van der Waals surface area contributed by atoms with Crippen LogP contribution in [0.2, 0.25) is 0 Å². The van der Waals surface area contributed by atoms with Crippen LogP contribution in [-0.2, 0) is 33.3 Å². The fourth-order valence-corrected chi connectivity index (χ4v) is 10.8. The molecule has 2 atom stereocenters. The van der Waals surface area contributed by atoms with E-state index in [1.165, 1.54) is 231 Å². The quantitative estimate of drug-likeness (QED) is 0.0195. The van der Waals surface area contributed by atoms with Crippen LogP contribution in [0.1, 0.15) is 348 Å². The molecule has 2 unspecified atom stereocenters. The largest absolute Gasteiger partial charge is 0.545 e. The van der Waals surface area contributed by atoms with Gasteiger partial charge in [-0.3, -0.25) is 9.59 Å². The summed E-state index contributed by atoms with van der Waals surface area (Å²) in [6.07, 6.45) is 88.8. The van der Waals surface area contributed by atoms with Gasteiger partial charge in [-0.05, 0) is 83.5 Å². The highest BCUT2D eigenvalue weighted by molar-refractivity contribution is 5.70. The molecule has 0 saturated carbocycles. The van der Waals surface area contributed by atoms with Crippen LogP contribution in [0.5, 0.6) is 0 Å². The summed E-state index contributed by atoms with van der Waals surface area (Å²) in [5.41, 5.74) is 0. The van der Waals surface area contributed by atoms with Crippen LogP contribution in [0.4, 0.5) is 0 Å². The second kappa shape index (κ2) is 68.6. The van der Waals surface area contributed by atoms with E-state index in [9.17, 15) is 19.5 Å². The fraction of sp³-hybridized carbons (Fsp3) is 0.808. The summed E-state index contributed by atoms with van der Waals surface area (Å²) in [6, 6.07) is 0. The van der Waals surface area contributed by atoms with E-state index in [0.717, 1.165) is 83.5 Å². The third-order valence-electron chi connectivity index (χ3n) is 16.4. The fourth-order valence-electron chi connectivity index (χ4n) is 10.8. The minimum Gasteiger partial charge on any atom is -0.545 e. The van der Waals surface area contributed by atoms with Crippen molar-refractivity contribution in [1.29, 1.82) is 0 Å². The van der Waals surface area contributed by atoms with Gasteiger partial charge in [0.25, 0.3) is 0 Å². The van der Waals surface area contributed by atoms with Gasteiger partial charge < -0.3 is 33.3 Å². The highest BCUT2D eigenvalue weighted by Crippen LogP contribution is 2.19. The summed E-state index contributed by atoms with van der Waals surface area (Å²) in [5, 5.41) is 11.8. The molecule has 0 aliphatic heterocycles. The van der Waals surface area contributed by atoms with Crippen molar-refractivity contribution in [1.82, 2.24) is 0 Å². The Hall–Kier alpha value is -3.27. The number of ether oxygens (including phenoxy) is 4. The van der Waals surface area contributed by atoms with Gasteiger partial charge in [-0.1, -0.05) is 324 Å². The Morgan fingerprint density at radius 3 is 0.989 bits per heavy atom. The number of carboxylic acids is 1. The second-order valence-electron chi connectivity index (χ2n) is 26.2. The molecule has 0 aliphatic rings. The molecule has 0 aliphatic carbocycles. The molecule has 0 aromatic rings. The number of unbranched alkanes of at least 4 members (excludes halogenated alkanes) is 42. The predicted octanol–water partition coefficient (Wildman–Crippen LogP) is 21.9. The van der Waals surface area contributed by atoms with Gasteiger partial charge in [0.1, 0.15) is 13.2 Å². The van der Waals surface area contributed by atoms with Crippen LogP contribution in [0.3, 0.4) is 0 Å². The van der Waals surface area contributed by atoms with Crippen molar-refractivity contribution in [2.24, 2.45) is 0 Å². The zero-order valence-electron chi connectivity index (χ0n) is 57.9. The number of likely N-dealkylation sites (N-methyl/N-ethyl adjacent to an activating group) is 1. The first kappa shape index (κ1) is 83.7. The number of carboxylic acid groups (broad SMARTS) is 1. The first-order valence-corrected chi connectivity index (χ1v) is 37.1. The summed E-state index contributed by atoms with van der Waals surface area (Å²) in [4.78, 5) is 37.5. The second-order valence-corrected chi connectivity index (χ2v) is 26.2. The molecule has 0 heterocycles. The van der Waals surface area contributed by atoms with Crippen molar-refractivity contribution >= 4 is 17.9 Å². The minimum absolute atomic E-state index is 0.142. The Morgan fingerprint density at radius 2 is 0.655 bits per heavy atom. The number of hydrogen-bond acceptors (Lipinski definition) is 8. The predicted molar refractivity (Wildman–Crippen MR) is 371 cm³/mol. The molecule has 0 rings (SSSR count). The van der Waals surface area contributed by atoms with Crippen LogP contribution in [0.25, 0.3) is 0 Å². The number of carbonyl (C=O) groups excluding carboxylic acids is 3. The number of nitrogens with zero attached hydrogens (tertiary/aromatic N) is 1. The highest BCUT2D eigenvalue weighted by Gasteiger charge is 2.22. The minimum atomic E-state index is -1.63. The molecule has 0 radical (unpaired) electrons. The topological polar surface area (TPSA) is 111 Å². The van der Waals surface area contributed by atoms with Gasteiger partial charge in [0, 0.05) is 12.8 Å². The maximum atomic E-state index is 12.9. The van der Waals surface area contributed by atoms with Crippen molar-refractivity contribution < 1.29 is 42.9 Å². The average Bonchev–Trinajstić information content (AvgIpc) is 3.57. The zero-order chi connectivity index (χ0) is 63.3. The van der Waals surface area contributed by atoms with Gasteiger partial charge >= 0.3 is 11.9 Å². The lowest BCUT2D eigenvalue weighted by Gasteiger charge is -2.26. The monoisotopic (exact) mass is 1220 g/mol. The maximum Gasteiger partial charge on any atom is 0.306 e. The van der Waals surface area contributed by atoms with Gasteiger partial charge in [0.2, 0.25) is 0 Å². The van der Waals surface area contributed by atoms with E-state index in [0.29, 0.717) is 17.4 Å². The smallest absolute Gasteiger partial charge is 0.306 e. The van der Waals surface area contributed by atoms with Crippen molar-refractivity contribution in [3.8, 4) is 0 Å². The van der Waals surface area contributed by atoms with E-state index in [2.05, 4.69) is 86.8 Å². The molecule has 9 heteroatoms. The molecule has 87 heavy (non-hydrogen) atoms. The van der Waals surface area contributed by atoms with Crippen LogP contribution < -0.4 is 5.11 Å². The Labute approximate surface area is 538 Å². The Bertz CT molecular complexity index is 1660. The molecule has 0 amide bonds. The van der Waals surface area contributed by atoms with E-state index >= 15 is 0 Å². The van der Waals surface area contributed by atoms with Gasteiger partial charge in [-0.25, -0.2) is 0 Å². The van der Waals surface area contributed by atoms with Crippen LogP contribution in [-0.4, -0.2) is 82.3 Å². The van der Waals surface area contributed by atoms with Gasteiger partial charge in [0.15, 0.2) is 12.4 Å². The molecule has 0 spiro atoms. The maximum absolute atomic E-state index is 12.9. The SMILES string of the molecule is CC/C=C\C/C=C\C/C=C\C/C=C\C/C=C\CCCCCCCC(=O)OC(COC(=O)CCCCCCCCCCCCCCCCCCCCCCCCCCCCCCC/C=C\CCCCCCCCCC)COC(OCC[N+](C)(C)C)C(=O)[O-]. The lowest BCUT2D eigenvalue weighted by atomic mass is 10.0. The number of esters is 2. The van der Waals surface area contributed by atoms with Crippen molar-refractivity contribution in [3.63, 3.8) is 0 Å². The van der Waals surface area contributed by atoms with Crippen LogP contribution >= 0.6 is 0 Å². The molecule has 0 saturated heterocycles. The van der Waals surface area contributed by atoms with Gasteiger partial charge in [-0.2, -0.15) is 0 Å². The summed E-state index contributed by atoms with van der Waals surface area (Å²) in [7, 11) is 5.93. The zero-order valence-corrected chi connectivity index (χ0v) is 57.9. The van der Waals surface area contributed by atoms with Crippen molar-refractivity contribution in [2.75, 3.05) is 47.5 Å². The number of carbonyl (C=O) groups is 3. The van der Waals surface area contributed by atoms with Crippen LogP contribution in [0.15, 0.2) is 72.9 Å². The summed E-state index contributed by atoms with van der Waals surface area (Å²) >= 11 is 0. The lowest BCUT2D eigenvalue weighted by molar-refractivity contribution is -0.870. The highest BCUT2D eigenvalue weighted by atomic mass is 16.7. The third-order valence-corrected chi connectivity index (χ3v) is 16.4. The Morgan fingerprint density at radius 1 is 0.356 bits per heavy atom. The molecular formula is C78H141NO8. The van der Waals surface area contributed by atoms with Crippen LogP contribution in [0, 0.1) is 0 Å². The van der Waals surface area contributed by atoms with E-state index < -0.39 is 24.3 Å². The number of hydrogen-bond donors (Lipinski definition) is 0. The first-order valence-electron chi connectivity index (χ1n) is 37.1. The van der Waals surface area contributed by atoms with E-state index in [1.807, 2.05) is 21.1 Å². The van der Waals surface area contributed by atoms with E-state index in [4.69, 9.17) is 18.9 Å². The molecule has 506 valence electrons. The average molecular weight is 1220 g/mol. The Balaban J connectivity index is 3.95. The molecule has 0 aromatic carbocycles. The number of aliphatic carboxylic acids is 1. The molecular weight excluding hydrogens is 1080 g/mol. The number of rotatable bonds is 69. The van der Waals surface area contributed by atoms with Gasteiger partial charge in [0.05, 0.1) is 40.3 Å². The van der Waals surface area contributed by atoms with E-state index in [1.54, 1.807) is 0 Å². The van der Waals surface area contributed by atoms with E-state index in [-0.39, 0.29) is 38.6 Å². The summed E-state index contributed by atoms with van der Waals surface area (Å²) in [5.74, 6) is -2.30. The summed E-state index contributed by atoms with van der Waals surface area (Å²) < 4.78 is 22.8. The standard InChI is InChI=1S/C78H141NO8/c1-6-8-10-12-14-16-18-20-22-24-26-28-29-30-31-32-33-34-35-36-37-38-39-40-41-42-43-44-45-46-47-49-50-52-54-56-58-60-62-64-66-68-75(80)85-72-74(73-86-78(77(82)83)84-71-70-79(3,4)5)87-76(81)69-67-65-63-61-59-57-55-53-51-48-27-25-23-21-19-17-15-13-11-9-7-2/h9,11,15,17,21,23-24,26-27,48,53,55,74,78H,6-8,10,12-14,16,18-20,22,25,28-47,49-52,54,56-73H2,1-5H3/b11-9-,17-15-,23-21-,26-24-,48-27-,55-53-. The third kappa shape index (κ3) is 70.1. The van der Waals surface area contributed by atoms with Crippen molar-refractivity contribution in [2.45, 2.75) is 360 Å². The lowest BCUT2D eigenvalue weighted by Crippen LogP contribution is -2.44. The molecule has 0 aromatic heterocycles. The molecule has 0 bridgehead atoms. The number of quaternary nitrogens is 1.